The quantitative estimate of drug-likeness (QED) is 0.419. The van der Waals surface area contributed by atoms with Crippen molar-refractivity contribution in [3.05, 3.63) is 11.9 Å². The van der Waals surface area contributed by atoms with Crippen LogP contribution in [0.15, 0.2) is 6.33 Å². The molecule has 0 aliphatic heterocycles. The van der Waals surface area contributed by atoms with Gasteiger partial charge in [-0.05, 0) is 19.8 Å². The van der Waals surface area contributed by atoms with E-state index in [0.29, 0.717) is 18.8 Å². The molecule has 1 atom stereocenters. The van der Waals surface area contributed by atoms with Crippen LogP contribution in [0.3, 0.4) is 0 Å². The van der Waals surface area contributed by atoms with Gasteiger partial charge in [-0.15, -0.1) is 0 Å². The highest BCUT2D eigenvalue weighted by Gasteiger charge is 2.06. The summed E-state index contributed by atoms with van der Waals surface area (Å²) in [7, 11) is 0. The van der Waals surface area contributed by atoms with Crippen molar-refractivity contribution >= 4 is 11.6 Å². The number of hydrogen-bond acceptors (Lipinski definition) is 6. The van der Waals surface area contributed by atoms with Crippen LogP contribution in [-0.4, -0.2) is 27.7 Å². The van der Waals surface area contributed by atoms with Gasteiger partial charge in [0, 0.05) is 12.1 Å². The maximum atomic E-state index is 9.40. The molecular formula is C10H19N5O. The fourth-order valence-corrected chi connectivity index (χ4v) is 1.34. The largest absolute Gasteiger partial charge is 0.393 e. The lowest BCUT2D eigenvalue weighted by Gasteiger charge is -2.12. The van der Waals surface area contributed by atoms with E-state index >= 15 is 0 Å². The van der Waals surface area contributed by atoms with Crippen molar-refractivity contribution in [1.82, 2.24) is 9.97 Å². The number of hydrogen-bond donors (Lipinski definition) is 4. The molecule has 1 aromatic rings. The van der Waals surface area contributed by atoms with Crippen LogP contribution in [0.25, 0.3) is 0 Å². The van der Waals surface area contributed by atoms with Crippen molar-refractivity contribution in [2.24, 2.45) is 5.84 Å². The number of hydrazine groups is 1. The number of nitrogens with two attached hydrogens (primary N) is 1. The lowest BCUT2D eigenvalue weighted by Crippen LogP contribution is -2.15. The average molecular weight is 225 g/mol. The zero-order chi connectivity index (χ0) is 12.0. The number of nitrogens with one attached hydrogen (secondary N) is 2. The smallest absolute Gasteiger partial charge is 0.148 e. The summed E-state index contributed by atoms with van der Waals surface area (Å²) in [5.41, 5.74) is 3.38. The predicted octanol–water partition coefficient (Wildman–Crippen LogP) is 0.644. The van der Waals surface area contributed by atoms with E-state index in [1.165, 1.54) is 6.33 Å². The van der Waals surface area contributed by atoms with E-state index in [1.54, 1.807) is 0 Å². The summed E-state index contributed by atoms with van der Waals surface area (Å²) in [5.74, 6) is 6.66. The third-order valence-electron chi connectivity index (χ3n) is 2.46. The minimum atomic E-state index is -0.262. The van der Waals surface area contributed by atoms with Crippen molar-refractivity contribution in [3.8, 4) is 0 Å². The van der Waals surface area contributed by atoms with Crippen LogP contribution in [0, 0.1) is 6.92 Å². The Bertz CT molecular complexity index is 331. The highest BCUT2D eigenvalue weighted by atomic mass is 16.3. The van der Waals surface area contributed by atoms with Crippen LogP contribution < -0.4 is 16.6 Å². The molecule has 0 radical (unpaired) electrons. The van der Waals surface area contributed by atoms with Crippen molar-refractivity contribution in [2.75, 3.05) is 17.3 Å². The van der Waals surface area contributed by atoms with Gasteiger partial charge < -0.3 is 15.8 Å². The molecule has 0 aromatic carbocycles. The average Bonchev–Trinajstić information content (AvgIpc) is 2.31. The molecule has 0 bridgehead atoms. The maximum Gasteiger partial charge on any atom is 0.148 e. The van der Waals surface area contributed by atoms with Gasteiger partial charge >= 0.3 is 0 Å². The van der Waals surface area contributed by atoms with E-state index in [9.17, 15) is 5.11 Å². The fraction of sp³-hybridized carbons (Fsp3) is 0.600. The molecular weight excluding hydrogens is 206 g/mol. The van der Waals surface area contributed by atoms with Gasteiger partial charge in [-0.2, -0.15) is 0 Å². The van der Waals surface area contributed by atoms with E-state index in [0.717, 1.165) is 17.8 Å². The molecule has 0 saturated carbocycles. The fourth-order valence-electron chi connectivity index (χ4n) is 1.34. The minimum Gasteiger partial charge on any atom is -0.393 e. The Labute approximate surface area is 95.3 Å². The van der Waals surface area contributed by atoms with Gasteiger partial charge in [0.15, 0.2) is 0 Å². The summed E-state index contributed by atoms with van der Waals surface area (Å²) in [5, 5.41) is 12.5. The molecule has 0 aliphatic carbocycles. The third kappa shape index (κ3) is 3.32. The second-order valence-corrected chi connectivity index (χ2v) is 3.62. The van der Waals surface area contributed by atoms with Gasteiger partial charge in [-0.25, -0.2) is 15.8 Å². The number of rotatable bonds is 6. The number of nitrogens with zero attached hydrogens (tertiary/aromatic N) is 2. The first-order chi connectivity index (χ1) is 7.69. The molecule has 1 unspecified atom stereocenters. The Kier molecular flexibility index (Phi) is 4.94. The summed E-state index contributed by atoms with van der Waals surface area (Å²) >= 11 is 0. The van der Waals surface area contributed by atoms with Gasteiger partial charge in [-0.3, -0.25) is 0 Å². The Hall–Kier alpha value is -1.40. The van der Waals surface area contributed by atoms with Crippen LogP contribution in [-0.2, 0) is 0 Å². The normalized spacial score (nSPS) is 12.2. The molecule has 6 nitrogen and oxygen atoms in total. The first-order valence-corrected chi connectivity index (χ1v) is 5.39. The van der Waals surface area contributed by atoms with Gasteiger partial charge in [0.1, 0.15) is 18.0 Å². The summed E-state index contributed by atoms with van der Waals surface area (Å²) in [4.78, 5) is 8.09. The lowest BCUT2D eigenvalue weighted by molar-refractivity contribution is 0.164. The topological polar surface area (TPSA) is 96.1 Å². The second kappa shape index (κ2) is 6.24. The molecule has 90 valence electrons. The third-order valence-corrected chi connectivity index (χ3v) is 2.46. The Morgan fingerprint density at radius 3 is 2.75 bits per heavy atom. The van der Waals surface area contributed by atoms with Crippen LogP contribution >= 0.6 is 0 Å². The molecule has 0 amide bonds. The van der Waals surface area contributed by atoms with Gasteiger partial charge in [0.2, 0.25) is 0 Å². The van der Waals surface area contributed by atoms with Crippen molar-refractivity contribution in [2.45, 2.75) is 32.8 Å². The van der Waals surface area contributed by atoms with Crippen molar-refractivity contribution < 1.29 is 5.11 Å². The summed E-state index contributed by atoms with van der Waals surface area (Å²) in [6.45, 7) is 4.52. The SMILES string of the molecule is CCC(O)CCNc1ncnc(NN)c1C. The molecule has 0 spiro atoms. The number of anilines is 2. The molecule has 6 heteroatoms. The molecule has 16 heavy (non-hydrogen) atoms. The first-order valence-electron chi connectivity index (χ1n) is 5.39. The molecule has 1 rings (SSSR count). The lowest BCUT2D eigenvalue weighted by atomic mass is 10.2. The Morgan fingerprint density at radius 1 is 1.44 bits per heavy atom. The van der Waals surface area contributed by atoms with Gasteiger partial charge in [0.05, 0.1) is 6.10 Å². The zero-order valence-corrected chi connectivity index (χ0v) is 9.70. The van der Waals surface area contributed by atoms with Crippen molar-refractivity contribution in [3.63, 3.8) is 0 Å². The number of aromatic nitrogens is 2. The van der Waals surface area contributed by atoms with Crippen LogP contribution in [0.2, 0.25) is 0 Å². The highest BCUT2D eigenvalue weighted by molar-refractivity contribution is 5.55. The second-order valence-electron chi connectivity index (χ2n) is 3.62. The van der Waals surface area contributed by atoms with Crippen LogP contribution in [0.1, 0.15) is 25.3 Å². The summed E-state index contributed by atoms with van der Waals surface area (Å²) in [6, 6.07) is 0. The number of nitrogen functional groups attached to an aromatic ring is 1. The van der Waals surface area contributed by atoms with Crippen molar-refractivity contribution in [1.29, 1.82) is 0 Å². The van der Waals surface area contributed by atoms with Crippen LogP contribution in [0.5, 0.6) is 0 Å². The van der Waals surface area contributed by atoms with Gasteiger partial charge in [0.25, 0.3) is 0 Å². The van der Waals surface area contributed by atoms with Crippen LogP contribution in [0.4, 0.5) is 11.6 Å². The van der Waals surface area contributed by atoms with E-state index in [1.807, 2.05) is 13.8 Å². The molecule has 0 aliphatic rings. The predicted molar refractivity (Wildman–Crippen MR) is 64.0 cm³/mol. The number of aliphatic hydroxyl groups is 1. The first kappa shape index (κ1) is 12.7. The minimum absolute atomic E-state index is 0.262. The standard InChI is InChI=1S/C10H19N5O/c1-3-8(16)4-5-12-9-7(2)10(15-11)14-6-13-9/h6,8,16H,3-5,11H2,1-2H3,(H2,12,13,14,15). The molecule has 1 aromatic heterocycles. The Morgan fingerprint density at radius 2 is 2.12 bits per heavy atom. The molecule has 0 saturated heterocycles. The Balaban J connectivity index is 2.54. The monoisotopic (exact) mass is 225 g/mol. The van der Waals surface area contributed by atoms with E-state index in [-0.39, 0.29) is 6.10 Å². The molecule has 0 fully saturated rings. The van der Waals surface area contributed by atoms with E-state index in [4.69, 9.17) is 5.84 Å². The van der Waals surface area contributed by atoms with E-state index < -0.39 is 0 Å². The maximum absolute atomic E-state index is 9.40. The highest BCUT2D eigenvalue weighted by Crippen LogP contribution is 2.16. The van der Waals surface area contributed by atoms with Gasteiger partial charge in [-0.1, -0.05) is 6.92 Å². The number of aliphatic hydroxyl groups excluding tert-OH is 1. The zero-order valence-electron chi connectivity index (χ0n) is 9.70. The summed E-state index contributed by atoms with van der Waals surface area (Å²) in [6.07, 6.45) is 2.65. The van der Waals surface area contributed by atoms with E-state index in [2.05, 4.69) is 20.7 Å². The summed E-state index contributed by atoms with van der Waals surface area (Å²) < 4.78 is 0. The molecule has 5 N–H and O–H groups in total. The molecule has 1 heterocycles.